The van der Waals surface area contributed by atoms with Gasteiger partial charge in [0.2, 0.25) is 5.91 Å². The molecular formula is C21H22N4O3S. The third-order valence-corrected chi connectivity index (χ3v) is 5.42. The van der Waals surface area contributed by atoms with Crippen LogP contribution >= 0.6 is 11.8 Å². The first-order valence-corrected chi connectivity index (χ1v) is 9.95. The number of ketones is 1. The highest BCUT2D eigenvalue weighted by atomic mass is 32.2. The molecule has 0 aliphatic rings. The maximum Gasteiger partial charge on any atom is 0.237 e. The Balaban J connectivity index is 1.74. The molecule has 0 bridgehead atoms. The van der Waals surface area contributed by atoms with E-state index < -0.39 is 5.25 Å². The summed E-state index contributed by atoms with van der Waals surface area (Å²) in [5.74, 6) is 1.24. The maximum absolute atomic E-state index is 12.6. The number of hydrogen-bond acceptors (Lipinski definition) is 6. The van der Waals surface area contributed by atoms with Crippen molar-refractivity contribution in [2.45, 2.75) is 37.7 Å². The summed E-state index contributed by atoms with van der Waals surface area (Å²) in [5, 5.41) is 11.6. The number of anilines is 1. The van der Waals surface area contributed by atoms with E-state index in [-0.39, 0.29) is 11.7 Å². The minimum Gasteiger partial charge on any atom is -0.469 e. The average molecular weight is 410 g/mol. The molecule has 0 spiro atoms. The van der Waals surface area contributed by atoms with Crippen LogP contribution in [0.4, 0.5) is 5.69 Å². The van der Waals surface area contributed by atoms with Crippen molar-refractivity contribution in [1.82, 2.24) is 14.8 Å². The number of nitrogens with zero attached hydrogens (tertiary/aromatic N) is 3. The molecule has 150 valence electrons. The number of aromatic nitrogens is 3. The van der Waals surface area contributed by atoms with Gasteiger partial charge in [0, 0.05) is 17.8 Å². The number of carbonyl (C=O) groups excluding carboxylic acids is 2. The van der Waals surface area contributed by atoms with Crippen LogP contribution in [0, 0.1) is 6.92 Å². The highest BCUT2D eigenvalue weighted by Gasteiger charge is 2.22. The van der Waals surface area contributed by atoms with Crippen molar-refractivity contribution in [3.63, 3.8) is 0 Å². The summed E-state index contributed by atoms with van der Waals surface area (Å²) >= 11 is 1.31. The summed E-state index contributed by atoms with van der Waals surface area (Å²) in [6, 6.07) is 8.65. The van der Waals surface area contributed by atoms with Crippen LogP contribution in [0.15, 0.2) is 58.8 Å². The zero-order valence-corrected chi connectivity index (χ0v) is 17.3. The van der Waals surface area contributed by atoms with Crippen molar-refractivity contribution in [2.24, 2.45) is 0 Å². The second-order valence-corrected chi connectivity index (χ2v) is 7.79. The number of thioether (sulfide) groups is 1. The van der Waals surface area contributed by atoms with E-state index in [4.69, 9.17) is 4.42 Å². The van der Waals surface area contributed by atoms with Crippen LogP contribution in [0.1, 0.15) is 30.0 Å². The first-order chi connectivity index (χ1) is 13.9. The van der Waals surface area contributed by atoms with Crippen molar-refractivity contribution in [2.75, 3.05) is 5.32 Å². The van der Waals surface area contributed by atoms with Gasteiger partial charge in [0.05, 0.1) is 17.1 Å². The Morgan fingerprint density at radius 1 is 1.28 bits per heavy atom. The molecule has 3 aromatic rings. The number of allylic oxidation sites excluding steroid dienone is 1. The summed E-state index contributed by atoms with van der Waals surface area (Å²) in [5.41, 5.74) is 2.09. The lowest BCUT2D eigenvalue weighted by Crippen LogP contribution is -2.23. The molecule has 1 aromatic carbocycles. The first-order valence-electron chi connectivity index (χ1n) is 9.07. The lowest BCUT2D eigenvalue weighted by Gasteiger charge is -2.13. The van der Waals surface area contributed by atoms with Crippen LogP contribution in [0.5, 0.6) is 0 Å². The molecule has 2 heterocycles. The van der Waals surface area contributed by atoms with Crippen LogP contribution in [-0.2, 0) is 11.3 Å². The van der Waals surface area contributed by atoms with Crippen LogP contribution in [0.2, 0.25) is 0 Å². The number of carbonyl (C=O) groups is 2. The zero-order valence-electron chi connectivity index (χ0n) is 16.5. The lowest BCUT2D eigenvalue weighted by atomic mass is 10.1. The SMILES string of the molecule is C=CCn1c(S[C@H](C)C(=O)Nc2ccc(C(C)=O)cc2)nnc1-c1ccoc1C. The van der Waals surface area contributed by atoms with E-state index in [1.807, 2.05) is 17.6 Å². The minimum atomic E-state index is -0.409. The third kappa shape index (κ3) is 4.65. The van der Waals surface area contributed by atoms with Gasteiger partial charge in [0.25, 0.3) is 0 Å². The second-order valence-electron chi connectivity index (χ2n) is 6.48. The normalized spacial score (nSPS) is 11.8. The summed E-state index contributed by atoms with van der Waals surface area (Å²) in [6.45, 7) is 9.48. The fourth-order valence-corrected chi connectivity index (χ4v) is 3.59. The Kier molecular flexibility index (Phi) is 6.33. The fraction of sp³-hybridized carbons (Fsp3) is 0.238. The van der Waals surface area contributed by atoms with E-state index in [1.165, 1.54) is 18.7 Å². The number of rotatable bonds is 8. The van der Waals surface area contributed by atoms with Gasteiger partial charge in [-0.05, 0) is 51.1 Å². The number of benzene rings is 1. The number of amides is 1. The van der Waals surface area contributed by atoms with Crippen molar-refractivity contribution < 1.29 is 14.0 Å². The molecule has 0 saturated heterocycles. The molecule has 29 heavy (non-hydrogen) atoms. The number of nitrogens with one attached hydrogen (secondary N) is 1. The van der Waals surface area contributed by atoms with E-state index in [1.54, 1.807) is 43.5 Å². The summed E-state index contributed by atoms with van der Waals surface area (Å²) < 4.78 is 7.27. The van der Waals surface area contributed by atoms with E-state index in [0.29, 0.717) is 28.8 Å². The van der Waals surface area contributed by atoms with Crippen molar-refractivity contribution in [3.8, 4) is 11.4 Å². The number of furan rings is 1. The monoisotopic (exact) mass is 410 g/mol. The highest BCUT2D eigenvalue weighted by molar-refractivity contribution is 8.00. The van der Waals surface area contributed by atoms with Gasteiger partial charge in [0.15, 0.2) is 16.8 Å². The summed E-state index contributed by atoms with van der Waals surface area (Å²) in [6.07, 6.45) is 3.37. The standard InChI is InChI=1S/C21H22N4O3S/c1-5-11-25-19(18-10-12-28-14(18)3)23-24-21(25)29-15(4)20(27)22-17-8-6-16(7-9-17)13(2)26/h5-10,12,15H,1,11H2,2-4H3,(H,22,27)/t15-/m1/s1. The Bertz CT molecular complexity index is 1040. The Labute approximate surface area is 173 Å². The molecule has 0 aliphatic heterocycles. The summed E-state index contributed by atoms with van der Waals surface area (Å²) in [4.78, 5) is 24.0. The van der Waals surface area contributed by atoms with Crippen LogP contribution in [0.3, 0.4) is 0 Å². The van der Waals surface area contributed by atoms with E-state index in [0.717, 1.165) is 11.3 Å². The molecule has 1 N–H and O–H groups in total. The molecule has 3 rings (SSSR count). The minimum absolute atomic E-state index is 0.0166. The lowest BCUT2D eigenvalue weighted by molar-refractivity contribution is -0.115. The van der Waals surface area contributed by atoms with Gasteiger partial charge in [-0.15, -0.1) is 16.8 Å². The maximum atomic E-state index is 12.6. The molecule has 8 heteroatoms. The second kappa shape index (κ2) is 8.91. The zero-order chi connectivity index (χ0) is 21.0. The summed E-state index contributed by atoms with van der Waals surface area (Å²) in [7, 11) is 0. The molecule has 0 aliphatic carbocycles. The van der Waals surface area contributed by atoms with Gasteiger partial charge < -0.3 is 9.73 Å². The predicted octanol–water partition coefficient (Wildman–Crippen LogP) is 4.35. The van der Waals surface area contributed by atoms with Gasteiger partial charge in [-0.3, -0.25) is 14.2 Å². The highest BCUT2D eigenvalue weighted by Crippen LogP contribution is 2.29. The van der Waals surface area contributed by atoms with Gasteiger partial charge >= 0.3 is 0 Å². The Morgan fingerprint density at radius 3 is 2.59 bits per heavy atom. The van der Waals surface area contributed by atoms with Crippen molar-refractivity contribution in [1.29, 1.82) is 0 Å². The molecule has 1 atom stereocenters. The Morgan fingerprint density at radius 2 is 2.00 bits per heavy atom. The molecule has 0 radical (unpaired) electrons. The topological polar surface area (TPSA) is 90.0 Å². The molecular weight excluding hydrogens is 388 g/mol. The van der Waals surface area contributed by atoms with E-state index in [9.17, 15) is 9.59 Å². The molecule has 0 unspecified atom stereocenters. The third-order valence-electron chi connectivity index (χ3n) is 4.34. The van der Waals surface area contributed by atoms with Gasteiger partial charge in [-0.25, -0.2) is 0 Å². The van der Waals surface area contributed by atoms with Crippen LogP contribution in [0.25, 0.3) is 11.4 Å². The van der Waals surface area contributed by atoms with Crippen LogP contribution < -0.4 is 5.32 Å². The molecule has 0 saturated carbocycles. The molecule has 2 aromatic heterocycles. The largest absolute Gasteiger partial charge is 0.469 e. The molecule has 7 nitrogen and oxygen atoms in total. The van der Waals surface area contributed by atoms with Crippen molar-refractivity contribution in [3.05, 3.63) is 60.6 Å². The van der Waals surface area contributed by atoms with E-state index in [2.05, 4.69) is 22.1 Å². The first kappa shape index (κ1) is 20.6. The smallest absolute Gasteiger partial charge is 0.237 e. The average Bonchev–Trinajstić information content (AvgIpc) is 3.28. The number of aryl methyl sites for hydroxylation is 1. The molecule has 1 amide bonds. The quantitative estimate of drug-likeness (QED) is 0.337. The molecule has 0 fully saturated rings. The fourth-order valence-electron chi connectivity index (χ4n) is 2.73. The Hall–Kier alpha value is -3.13. The van der Waals surface area contributed by atoms with Gasteiger partial charge in [-0.1, -0.05) is 17.8 Å². The van der Waals surface area contributed by atoms with E-state index >= 15 is 0 Å². The number of Topliss-reactive ketones (excluding diaryl/α,β-unsaturated/α-hetero) is 1. The van der Waals surface area contributed by atoms with Crippen molar-refractivity contribution >= 4 is 29.1 Å². The van der Waals surface area contributed by atoms with Gasteiger partial charge in [-0.2, -0.15) is 0 Å². The van der Waals surface area contributed by atoms with Crippen LogP contribution in [-0.4, -0.2) is 31.7 Å². The number of hydrogen-bond donors (Lipinski definition) is 1. The predicted molar refractivity (Wildman–Crippen MR) is 113 cm³/mol. The van der Waals surface area contributed by atoms with Gasteiger partial charge in [0.1, 0.15) is 5.76 Å².